The Bertz CT molecular complexity index is 1390. The molecule has 12 atom stereocenters. The lowest BCUT2D eigenvalue weighted by Crippen LogP contribution is -2.65. The summed E-state index contributed by atoms with van der Waals surface area (Å²) in [5.74, 6) is -0.231. The van der Waals surface area contributed by atoms with Crippen molar-refractivity contribution >= 4 is 5.91 Å². The van der Waals surface area contributed by atoms with Gasteiger partial charge in [-0.2, -0.15) is 0 Å². The first-order chi connectivity index (χ1) is 39.1. The van der Waals surface area contributed by atoms with Crippen molar-refractivity contribution in [2.75, 3.05) is 19.8 Å². The summed E-state index contributed by atoms with van der Waals surface area (Å²) in [5.41, 5.74) is 0. The zero-order chi connectivity index (χ0) is 58.1. The van der Waals surface area contributed by atoms with Gasteiger partial charge in [0.15, 0.2) is 12.6 Å². The highest BCUT2D eigenvalue weighted by molar-refractivity contribution is 5.76. The fourth-order valence-electron chi connectivity index (χ4n) is 11.5. The van der Waals surface area contributed by atoms with E-state index in [9.17, 15) is 45.6 Å². The maximum absolute atomic E-state index is 13.3. The van der Waals surface area contributed by atoms with E-state index in [1.165, 1.54) is 244 Å². The van der Waals surface area contributed by atoms with Crippen molar-refractivity contribution in [3.8, 4) is 0 Å². The second kappa shape index (κ2) is 52.1. The second-order valence-corrected chi connectivity index (χ2v) is 24.3. The third-order valence-electron chi connectivity index (χ3n) is 17.0. The van der Waals surface area contributed by atoms with Crippen LogP contribution >= 0.6 is 0 Å². The third-order valence-corrected chi connectivity index (χ3v) is 17.0. The molecule has 9 N–H and O–H groups in total. The van der Waals surface area contributed by atoms with Gasteiger partial charge in [-0.15, -0.1) is 0 Å². The van der Waals surface area contributed by atoms with Crippen LogP contribution in [0, 0.1) is 0 Å². The lowest BCUT2D eigenvalue weighted by atomic mass is 9.97. The summed E-state index contributed by atoms with van der Waals surface area (Å²) in [5, 5.41) is 87.4. The highest BCUT2D eigenvalue weighted by atomic mass is 16.7. The van der Waals surface area contributed by atoms with Crippen LogP contribution in [-0.4, -0.2) is 140 Å². The van der Waals surface area contributed by atoms with Gasteiger partial charge in [0, 0.05) is 6.42 Å². The minimum absolute atomic E-state index is 0.231. The molecule has 0 bridgehead atoms. The summed E-state index contributed by atoms with van der Waals surface area (Å²) in [6.45, 7) is 2.86. The van der Waals surface area contributed by atoms with Crippen molar-refractivity contribution in [2.45, 2.75) is 383 Å². The molecule has 0 aromatic heterocycles. The normalized spacial score (nSPS) is 24.2. The minimum atomic E-state index is -1.79. The van der Waals surface area contributed by atoms with Gasteiger partial charge in [0.25, 0.3) is 0 Å². The number of aliphatic hydroxyl groups is 8. The van der Waals surface area contributed by atoms with Gasteiger partial charge >= 0.3 is 0 Å². The molecule has 12 unspecified atom stereocenters. The Morgan fingerprint density at radius 2 is 0.775 bits per heavy atom. The summed E-state index contributed by atoms with van der Waals surface area (Å²) in [7, 11) is 0. The summed E-state index contributed by atoms with van der Waals surface area (Å²) >= 11 is 0. The Hall–Kier alpha value is -1.27. The highest BCUT2D eigenvalue weighted by Crippen LogP contribution is 2.30. The lowest BCUT2D eigenvalue weighted by Gasteiger charge is -2.46. The molecule has 2 rings (SSSR count). The molecule has 0 aliphatic carbocycles. The number of ether oxygens (including phenoxy) is 4. The van der Waals surface area contributed by atoms with E-state index < -0.39 is 86.8 Å². The molecule has 0 saturated carbocycles. The van der Waals surface area contributed by atoms with E-state index >= 15 is 0 Å². The average molecular weight is 1140 g/mol. The van der Waals surface area contributed by atoms with Gasteiger partial charge in [-0.05, 0) is 19.3 Å². The summed E-state index contributed by atoms with van der Waals surface area (Å²) < 4.78 is 22.9. The maximum Gasteiger partial charge on any atom is 0.220 e. The van der Waals surface area contributed by atoms with E-state index in [1.807, 2.05) is 6.08 Å². The average Bonchev–Trinajstić information content (AvgIpc) is 3.48. The largest absolute Gasteiger partial charge is 0.394 e. The maximum atomic E-state index is 13.3. The first-order valence-corrected chi connectivity index (χ1v) is 33.9. The van der Waals surface area contributed by atoms with E-state index in [0.29, 0.717) is 6.42 Å². The van der Waals surface area contributed by atoms with E-state index in [1.54, 1.807) is 6.08 Å². The van der Waals surface area contributed by atoms with Crippen molar-refractivity contribution in [1.82, 2.24) is 5.32 Å². The van der Waals surface area contributed by atoms with Gasteiger partial charge in [-0.25, -0.2) is 0 Å². The number of hydrogen-bond acceptors (Lipinski definition) is 13. The minimum Gasteiger partial charge on any atom is -0.394 e. The third kappa shape index (κ3) is 36.5. The quantitative estimate of drug-likeness (QED) is 0.0204. The number of amides is 1. The molecule has 14 nitrogen and oxygen atoms in total. The molecule has 2 aliphatic rings. The SMILES string of the molecule is CCCCCCCCCCCCCCCCCCCCCCCCC/C=C/C(O)C(COC1OC(CO)C(OC2OC(CO)C(O)C(O)C2O)C(O)C1O)NC(=O)CCCCCCCCCCCCCCCCCCCCCCC. The Balaban J connectivity index is 1.70. The molecular weight excluding hydrogens is 1010 g/mol. The zero-order valence-electron chi connectivity index (χ0n) is 51.4. The fourth-order valence-corrected chi connectivity index (χ4v) is 11.5. The summed E-state index contributed by atoms with van der Waals surface area (Å²) in [6.07, 6.45) is 45.4. The van der Waals surface area contributed by atoms with Gasteiger partial charge in [0.05, 0.1) is 32.0 Å². The first-order valence-electron chi connectivity index (χ1n) is 33.9. The number of rotatable bonds is 56. The lowest BCUT2D eigenvalue weighted by molar-refractivity contribution is -0.359. The van der Waals surface area contributed by atoms with Gasteiger partial charge in [0.2, 0.25) is 5.91 Å². The molecular formula is C66H127NO13. The van der Waals surface area contributed by atoms with Crippen molar-refractivity contribution in [1.29, 1.82) is 0 Å². The highest BCUT2D eigenvalue weighted by Gasteiger charge is 2.51. The molecule has 80 heavy (non-hydrogen) atoms. The van der Waals surface area contributed by atoms with Gasteiger partial charge in [0.1, 0.15) is 48.8 Å². The summed E-state index contributed by atoms with van der Waals surface area (Å²) in [6, 6.07) is -0.911. The number of aliphatic hydroxyl groups excluding tert-OH is 8. The molecule has 2 saturated heterocycles. The standard InChI is InChI=1S/C66H127NO13/c1-3-5-7-9-11-13-15-17-19-21-23-25-26-27-28-30-31-33-35-37-39-41-43-45-47-49-55(70)54(53-77-65-63(76)61(74)64(57(52-69)79-65)80-66-62(75)60(73)59(72)56(51-68)78-66)67-58(71)50-48-46-44-42-40-38-36-34-32-29-24-22-20-18-16-14-12-10-8-6-4-2/h47,49,54-57,59-66,68-70,72-76H,3-46,48,50-53H2,1-2H3,(H,67,71)/b49-47+. The van der Waals surface area contributed by atoms with Crippen LogP contribution in [0.2, 0.25) is 0 Å². The molecule has 2 heterocycles. The fraction of sp³-hybridized carbons (Fsp3) is 0.955. The molecule has 474 valence electrons. The van der Waals surface area contributed by atoms with E-state index in [0.717, 1.165) is 38.5 Å². The van der Waals surface area contributed by atoms with Crippen LogP contribution in [0.15, 0.2) is 12.2 Å². The smallest absolute Gasteiger partial charge is 0.220 e. The number of carbonyl (C=O) groups is 1. The molecule has 0 radical (unpaired) electrons. The van der Waals surface area contributed by atoms with Crippen molar-refractivity contribution in [3.63, 3.8) is 0 Å². The van der Waals surface area contributed by atoms with Crippen LogP contribution in [0.1, 0.15) is 309 Å². The van der Waals surface area contributed by atoms with Gasteiger partial charge in [-0.3, -0.25) is 4.79 Å². The molecule has 2 fully saturated rings. The molecule has 2 aliphatic heterocycles. The van der Waals surface area contributed by atoms with Gasteiger partial charge in [-0.1, -0.05) is 296 Å². The first kappa shape index (κ1) is 74.8. The van der Waals surface area contributed by atoms with Crippen LogP contribution < -0.4 is 5.32 Å². The predicted molar refractivity (Wildman–Crippen MR) is 323 cm³/mol. The van der Waals surface area contributed by atoms with Crippen molar-refractivity contribution in [3.05, 3.63) is 12.2 Å². The topological polar surface area (TPSA) is 228 Å². The van der Waals surface area contributed by atoms with Crippen molar-refractivity contribution in [2.24, 2.45) is 0 Å². The Morgan fingerprint density at radius 1 is 0.438 bits per heavy atom. The molecule has 1 amide bonds. The van der Waals surface area contributed by atoms with Crippen molar-refractivity contribution < 1.29 is 64.6 Å². The van der Waals surface area contributed by atoms with Crippen LogP contribution in [0.5, 0.6) is 0 Å². The second-order valence-electron chi connectivity index (χ2n) is 24.3. The van der Waals surface area contributed by atoms with Crippen LogP contribution in [-0.2, 0) is 23.7 Å². The predicted octanol–water partition coefficient (Wildman–Crippen LogP) is 13.0. The van der Waals surface area contributed by atoms with Gasteiger partial charge < -0.3 is 65.1 Å². The van der Waals surface area contributed by atoms with Crippen LogP contribution in [0.3, 0.4) is 0 Å². The number of hydrogen-bond donors (Lipinski definition) is 9. The molecule has 0 spiro atoms. The Kier molecular flexibility index (Phi) is 48.7. The zero-order valence-corrected chi connectivity index (χ0v) is 51.4. The molecule has 0 aromatic carbocycles. The van der Waals surface area contributed by atoms with E-state index in [2.05, 4.69) is 19.2 Å². The molecule has 0 aromatic rings. The van der Waals surface area contributed by atoms with E-state index in [-0.39, 0.29) is 18.9 Å². The van der Waals surface area contributed by atoms with Crippen LogP contribution in [0.25, 0.3) is 0 Å². The summed E-state index contributed by atoms with van der Waals surface area (Å²) in [4.78, 5) is 13.3. The van der Waals surface area contributed by atoms with E-state index in [4.69, 9.17) is 18.9 Å². The monoisotopic (exact) mass is 1140 g/mol. The Morgan fingerprint density at radius 3 is 1.15 bits per heavy atom. The number of carbonyl (C=O) groups excluding carboxylic acids is 1. The number of allylic oxidation sites excluding steroid dienone is 1. The number of unbranched alkanes of at least 4 members (excludes halogenated alkanes) is 43. The molecule has 14 heteroatoms. The van der Waals surface area contributed by atoms with Crippen LogP contribution in [0.4, 0.5) is 0 Å². The Labute approximate surface area is 488 Å². The number of nitrogens with one attached hydrogen (secondary N) is 1.